The maximum Gasteiger partial charge on any atom is 0.339 e. The number of hydrogen-bond donors (Lipinski definition) is 1. The van der Waals surface area contributed by atoms with E-state index in [4.69, 9.17) is 9.72 Å². The number of carbonyl (C=O) groups is 2. The molecular formula is C27H32N2O3. The molecule has 7 rings (SSSR count). The Balaban J connectivity index is 1.20. The fourth-order valence-corrected chi connectivity index (χ4v) is 7.59. The third kappa shape index (κ3) is 3.50. The van der Waals surface area contributed by atoms with Crippen molar-refractivity contribution < 1.29 is 14.3 Å². The van der Waals surface area contributed by atoms with Gasteiger partial charge in [0.05, 0.1) is 11.1 Å². The fourth-order valence-electron chi connectivity index (χ4n) is 7.59. The molecule has 5 heteroatoms. The highest BCUT2D eigenvalue weighted by molar-refractivity contribution is 6.05. The first kappa shape index (κ1) is 20.2. The second-order valence-electron chi connectivity index (χ2n) is 11.1. The maximum atomic E-state index is 13.3. The van der Waals surface area contributed by atoms with Gasteiger partial charge < -0.3 is 10.1 Å². The Morgan fingerprint density at radius 3 is 2.50 bits per heavy atom. The van der Waals surface area contributed by atoms with Crippen molar-refractivity contribution in [1.29, 1.82) is 0 Å². The summed E-state index contributed by atoms with van der Waals surface area (Å²) < 4.78 is 5.63. The van der Waals surface area contributed by atoms with Crippen LogP contribution in [-0.4, -0.2) is 29.0 Å². The van der Waals surface area contributed by atoms with E-state index in [0.29, 0.717) is 11.5 Å². The van der Waals surface area contributed by atoms with E-state index in [1.165, 1.54) is 19.3 Å². The van der Waals surface area contributed by atoms with Crippen LogP contribution in [-0.2, 0) is 22.4 Å². The first-order valence-corrected chi connectivity index (χ1v) is 12.4. The number of nitrogens with one attached hydrogen (secondary N) is 1. The molecule has 1 amide bonds. The number of carbonyl (C=O) groups excluding carboxylic acids is 2. The number of ether oxygens (including phenoxy) is 1. The van der Waals surface area contributed by atoms with E-state index >= 15 is 0 Å². The molecule has 1 aromatic carbocycles. The Bertz CT molecular complexity index is 1060. The van der Waals surface area contributed by atoms with Gasteiger partial charge in [0.25, 0.3) is 5.91 Å². The summed E-state index contributed by atoms with van der Waals surface area (Å²) in [5.41, 5.74) is 3.39. The Labute approximate surface area is 189 Å². The van der Waals surface area contributed by atoms with Gasteiger partial charge in [0.1, 0.15) is 0 Å². The molecule has 4 fully saturated rings. The standard InChI is InChI=1S/C27H32N2O3/c1-16-6-7-23-21(8-16)25(20-4-2-3-5-22(20)28-23)26(31)32-15-24(30)29-27-12-17-9-18(13-27)11-19(10-17)14-27/h2-5,16-19H,6-15H2,1H3,(H,29,30). The fraction of sp³-hybridized carbons (Fsp3) is 0.593. The van der Waals surface area contributed by atoms with Gasteiger partial charge in [-0.15, -0.1) is 0 Å². The molecule has 168 valence electrons. The molecule has 1 heterocycles. The molecular weight excluding hydrogens is 400 g/mol. The third-order valence-electron chi connectivity index (χ3n) is 8.49. The molecule has 4 saturated carbocycles. The quantitative estimate of drug-likeness (QED) is 0.717. The van der Waals surface area contributed by atoms with Gasteiger partial charge in [-0.3, -0.25) is 9.78 Å². The Hall–Kier alpha value is -2.43. The molecule has 5 aliphatic rings. The lowest BCUT2D eigenvalue weighted by molar-refractivity contribution is -0.130. The van der Waals surface area contributed by atoms with E-state index in [9.17, 15) is 9.59 Å². The summed E-state index contributed by atoms with van der Waals surface area (Å²) in [6.45, 7) is 2.01. The summed E-state index contributed by atoms with van der Waals surface area (Å²) in [7, 11) is 0. The van der Waals surface area contributed by atoms with Gasteiger partial charge in [-0.25, -0.2) is 4.79 Å². The van der Waals surface area contributed by atoms with Crippen LogP contribution in [0.1, 0.15) is 73.5 Å². The number of pyridine rings is 1. The van der Waals surface area contributed by atoms with Crippen molar-refractivity contribution in [2.24, 2.45) is 23.7 Å². The number of amides is 1. The number of benzene rings is 1. The van der Waals surface area contributed by atoms with E-state index in [1.807, 2.05) is 24.3 Å². The van der Waals surface area contributed by atoms with Gasteiger partial charge in [-0.1, -0.05) is 25.1 Å². The second-order valence-corrected chi connectivity index (χ2v) is 11.1. The number of hydrogen-bond acceptors (Lipinski definition) is 4. The van der Waals surface area contributed by atoms with Crippen LogP contribution in [0.25, 0.3) is 10.9 Å². The number of para-hydroxylation sites is 1. The van der Waals surface area contributed by atoms with Crippen molar-refractivity contribution in [2.75, 3.05) is 6.61 Å². The van der Waals surface area contributed by atoms with E-state index in [0.717, 1.165) is 78.4 Å². The van der Waals surface area contributed by atoms with Crippen LogP contribution in [0.2, 0.25) is 0 Å². The van der Waals surface area contributed by atoms with Crippen LogP contribution in [0.3, 0.4) is 0 Å². The molecule has 0 radical (unpaired) electrons. The predicted molar refractivity (Wildman–Crippen MR) is 122 cm³/mol. The minimum absolute atomic E-state index is 0.0593. The summed E-state index contributed by atoms with van der Waals surface area (Å²) >= 11 is 0. The van der Waals surface area contributed by atoms with Crippen LogP contribution in [0.15, 0.2) is 24.3 Å². The summed E-state index contributed by atoms with van der Waals surface area (Å²) in [4.78, 5) is 31.0. The van der Waals surface area contributed by atoms with Crippen molar-refractivity contribution in [1.82, 2.24) is 10.3 Å². The minimum atomic E-state index is -0.394. The number of aromatic nitrogens is 1. The summed E-state index contributed by atoms with van der Waals surface area (Å²) in [6, 6.07) is 7.76. The van der Waals surface area contributed by atoms with Crippen LogP contribution >= 0.6 is 0 Å². The van der Waals surface area contributed by atoms with Crippen LogP contribution in [0.5, 0.6) is 0 Å². The largest absolute Gasteiger partial charge is 0.452 e. The molecule has 1 unspecified atom stereocenters. The van der Waals surface area contributed by atoms with Gasteiger partial charge >= 0.3 is 5.97 Å². The zero-order valence-electron chi connectivity index (χ0n) is 18.9. The normalized spacial score (nSPS) is 32.5. The Morgan fingerprint density at radius 2 is 1.78 bits per heavy atom. The average molecular weight is 433 g/mol. The zero-order chi connectivity index (χ0) is 21.9. The zero-order valence-corrected chi connectivity index (χ0v) is 18.9. The molecule has 0 aliphatic heterocycles. The molecule has 5 aliphatic carbocycles. The van der Waals surface area contributed by atoms with Crippen molar-refractivity contribution in [3.8, 4) is 0 Å². The molecule has 1 N–H and O–H groups in total. The third-order valence-corrected chi connectivity index (χ3v) is 8.49. The number of fused-ring (bicyclic) bond motifs is 2. The smallest absolute Gasteiger partial charge is 0.339 e. The number of aryl methyl sites for hydroxylation is 1. The lowest BCUT2D eigenvalue weighted by Crippen LogP contribution is -2.60. The summed E-state index contributed by atoms with van der Waals surface area (Å²) in [5.74, 6) is 2.26. The van der Waals surface area contributed by atoms with Crippen molar-refractivity contribution in [2.45, 2.75) is 70.3 Å². The number of rotatable bonds is 4. The SMILES string of the molecule is CC1CCc2nc3ccccc3c(C(=O)OCC(=O)NC34CC5CC(CC(C5)C3)C4)c2C1. The second kappa shape index (κ2) is 7.57. The van der Waals surface area contributed by atoms with Gasteiger partial charge in [-0.2, -0.15) is 0 Å². The van der Waals surface area contributed by atoms with Gasteiger partial charge in [0, 0.05) is 16.6 Å². The van der Waals surface area contributed by atoms with E-state index in [1.54, 1.807) is 0 Å². The average Bonchev–Trinajstić information content (AvgIpc) is 2.74. The van der Waals surface area contributed by atoms with Gasteiger partial charge in [0.15, 0.2) is 6.61 Å². The molecule has 0 saturated heterocycles. The first-order chi connectivity index (χ1) is 15.5. The van der Waals surface area contributed by atoms with Crippen LogP contribution < -0.4 is 5.32 Å². The lowest BCUT2D eigenvalue weighted by Gasteiger charge is -2.56. The Morgan fingerprint density at radius 1 is 1.09 bits per heavy atom. The highest BCUT2D eigenvalue weighted by atomic mass is 16.5. The minimum Gasteiger partial charge on any atom is -0.452 e. The maximum absolute atomic E-state index is 13.3. The highest BCUT2D eigenvalue weighted by Crippen LogP contribution is 2.55. The van der Waals surface area contributed by atoms with E-state index < -0.39 is 5.97 Å². The molecule has 4 bridgehead atoms. The highest BCUT2D eigenvalue weighted by Gasteiger charge is 2.51. The van der Waals surface area contributed by atoms with Crippen molar-refractivity contribution in [3.05, 3.63) is 41.1 Å². The van der Waals surface area contributed by atoms with Crippen LogP contribution in [0, 0.1) is 23.7 Å². The Kier molecular flexibility index (Phi) is 4.78. The number of nitrogens with zero attached hydrogens (tertiary/aromatic N) is 1. The van der Waals surface area contributed by atoms with Gasteiger partial charge in [-0.05, 0) is 93.1 Å². The summed E-state index contributed by atoms with van der Waals surface area (Å²) in [5, 5.41) is 4.14. The molecule has 5 nitrogen and oxygen atoms in total. The molecule has 1 aromatic heterocycles. The van der Waals surface area contributed by atoms with Crippen molar-refractivity contribution >= 4 is 22.8 Å². The topological polar surface area (TPSA) is 68.3 Å². The lowest BCUT2D eigenvalue weighted by atomic mass is 9.53. The molecule has 2 aromatic rings. The van der Waals surface area contributed by atoms with Gasteiger partial charge in [0.2, 0.25) is 0 Å². The first-order valence-electron chi connectivity index (χ1n) is 12.4. The molecule has 0 spiro atoms. The van der Waals surface area contributed by atoms with E-state index in [-0.39, 0.29) is 18.1 Å². The van der Waals surface area contributed by atoms with E-state index in [2.05, 4.69) is 12.2 Å². The predicted octanol–water partition coefficient (Wildman–Crippen LogP) is 4.60. The molecule has 1 atom stereocenters. The molecule has 32 heavy (non-hydrogen) atoms. The monoisotopic (exact) mass is 432 g/mol. The van der Waals surface area contributed by atoms with Crippen molar-refractivity contribution in [3.63, 3.8) is 0 Å². The summed E-state index contributed by atoms with van der Waals surface area (Å²) in [6.07, 6.45) is 10.1. The van der Waals surface area contributed by atoms with Crippen LogP contribution in [0.4, 0.5) is 0 Å². The number of esters is 1.